The largest absolute Gasteiger partial charge is 0.352 e. The van der Waals surface area contributed by atoms with Crippen molar-refractivity contribution in [2.45, 2.75) is 26.2 Å². The van der Waals surface area contributed by atoms with Crippen LogP contribution in [0.5, 0.6) is 0 Å². The Kier molecular flexibility index (Phi) is 10.3. The summed E-state index contributed by atoms with van der Waals surface area (Å²) in [6.07, 6.45) is 2.15. The average Bonchev–Trinajstić information content (AvgIpc) is 2.45. The van der Waals surface area contributed by atoms with Crippen molar-refractivity contribution in [2.75, 3.05) is 25.5 Å². The number of nitrogens with one attached hydrogen (secondary N) is 3. The standard InChI is InChI=1S/C15H23N3O2.ClH/c1-3-9-17-15(20)12-6-4-7-13(11-12)18-14(19)8-5-10-16-2;/h4,6-7,11,16H,3,5,8-10H2,1-2H3,(H,17,20)(H,18,19);1H. The fourth-order valence-electron chi connectivity index (χ4n) is 1.73. The molecule has 6 heteroatoms. The Hall–Kier alpha value is -1.59. The first kappa shape index (κ1) is 19.4. The maximum absolute atomic E-state index is 11.8. The number of halogens is 1. The highest BCUT2D eigenvalue weighted by Crippen LogP contribution is 2.11. The van der Waals surface area contributed by atoms with Crippen LogP contribution in [0, 0.1) is 0 Å². The molecule has 1 aromatic carbocycles. The first-order chi connectivity index (χ1) is 9.67. The summed E-state index contributed by atoms with van der Waals surface area (Å²) >= 11 is 0. The van der Waals surface area contributed by atoms with Crippen molar-refractivity contribution < 1.29 is 9.59 Å². The van der Waals surface area contributed by atoms with E-state index in [1.807, 2.05) is 14.0 Å². The molecule has 0 aliphatic carbocycles. The molecule has 1 rings (SSSR count). The van der Waals surface area contributed by atoms with Crippen LogP contribution < -0.4 is 16.0 Å². The van der Waals surface area contributed by atoms with Gasteiger partial charge >= 0.3 is 0 Å². The second-order valence-corrected chi connectivity index (χ2v) is 4.59. The number of hydrogen-bond acceptors (Lipinski definition) is 3. The number of carbonyl (C=O) groups excluding carboxylic acids is 2. The Morgan fingerprint density at radius 1 is 1.19 bits per heavy atom. The fraction of sp³-hybridized carbons (Fsp3) is 0.467. The minimum absolute atomic E-state index is 0. The smallest absolute Gasteiger partial charge is 0.251 e. The van der Waals surface area contributed by atoms with Crippen molar-refractivity contribution in [3.63, 3.8) is 0 Å². The van der Waals surface area contributed by atoms with Gasteiger partial charge in [0.1, 0.15) is 0 Å². The molecule has 118 valence electrons. The summed E-state index contributed by atoms with van der Waals surface area (Å²) in [7, 11) is 1.86. The van der Waals surface area contributed by atoms with Gasteiger partial charge in [-0.15, -0.1) is 12.4 Å². The Balaban J connectivity index is 0.00000400. The van der Waals surface area contributed by atoms with Crippen LogP contribution in [0.2, 0.25) is 0 Å². The maximum Gasteiger partial charge on any atom is 0.251 e. The second-order valence-electron chi connectivity index (χ2n) is 4.59. The summed E-state index contributed by atoms with van der Waals surface area (Å²) in [5, 5.41) is 8.61. The van der Waals surface area contributed by atoms with Crippen LogP contribution in [0.4, 0.5) is 5.69 Å². The Bertz CT molecular complexity index is 452. The molecule has 0 radical (unpaired) electrons. The number of hydrogen-bond donors (Lipinski definition) is 3. The predicted molar refractivity (Wildman–Crippen MR) is 88.1 cm³/mol. The van der Waals surface area contributed by atoms with E-state index in [1.165, 1.54) is 0 Å². The lowest BCUT2D eigenvalue weighted by molar-refractivity contribution is -0.116. The summed E-state index contributed by atoms with van der Waals surface area (Å²) in [5.41, 5.74) is 1.22. The van der Waals surface area contributed by atoms with Gasteiger partial charge < -0.3 is 16.0 Å². The van der Waals surface area contributed by atoms with E-state index in [0.29, 0.717) is 24.2 Å². The molecule has 0 unspecified atom stereocenters. The fourth-order valence-corrected chi connectivity index (χ4v) is 1.73. The van der Waals surface area contributed by atoms with Gasteiger partial charge in [-0.05, 0) is 44.6 Å². The number of anilines is 1. The van der Waals surface area contributed by atoms with Crippen LogP contribution in [0.3, 0.4) is 0 Å². The van der Waals surface area contributed by atoms with Crippen LogP contribution >= 0.6 is 12.4 Å². The molecule has 0 atom stereocenters. The quantitative estimate of drug-likeness (QED) is 0.644. The lowest BCUT2D eigenvalue weighted by Gasteiger charge is -2.08. The molecular weight excluding hydrogens is 290 g/mol. The van der Waals surface area contributed by atoms with Crippen LogP contribution in [-0.2, 0) is 4.79 Å². The lowest BCUT2D eigenvalue weighted by Crippen LogP contribution is -2.24. The van der Waals surface area contributed by atoms with Gasteiger partial charge in [0.15, 0.2) is 0 Å². The van der Waals surface area contributed by atoms with E-state index in [-0.39, 0.29) is 24.2 Å². The molecule has 2 amide bonds. The van der Waals surface area contributed by atoms with E-state index in [2.05, 4.69) is 16.0 Å². The number of amides is 2. The zero-order chi connectivity index (χ0) is 14.8. The average molecular weight is 314 g/mol. The molecule has 0 heterocycles. The molecule has 5 nitrogen and oxygen atoms in total. The van der Waals surface area contributed by atoms with Crippen molar-refractivity contribution in [3.05, 3.63) is 29.8 Å². The molecular formula is C15H24ClN3O2. The Morgan fingerprint density at radius 3 is 2.62 bits per heavy atom. The van der Waals surface area contributed by atoms with E-state index in [4.69, 9.17) is 0 Å². The third kappa shape index (κ3) is 7.68. The van der Waals surface area contributed by atoms with E-state index in [0.717, 1.165) is 19.4 Å². The van der Waals surface area contributed by atoms with Gasteiger partial charge in [0.05, 0.1) is 0 Å². The van der Waals surface area contributed by atoms with E-state index in [1.54, 1.807) is 24.3 Å². The summed E-state index contributed by atoms with van der Waals surface area (Å²) in [6, 6.07) is 6.99. The third-order valence-electron chi connectivity index (χ3n) is 2.77. The monoisotopic (exact) mass is 313 g/mol. The van der Waals surface area contributed by atoms with Gasteiger partial charge in [0.25, 0.3) is 5.91 Å². The van der Waals surface area contributed by atoms with Gasteiger partial charge in [-0.25, -0.2) is 0 Å². The van der Waals surface area contributed by atoms with E-state index in [9.17, 15) is 9.59 Å². The van der Waals surface area contributed by atoms with E-state index < -0.39 is 0 Å². The van der Waals surface area contributed by atoms with Gasteiger partial charge in [-0.3, -0.25) is 9.59 Å². The third-order valence-corrected chi connectivity index (χ3v) is 2.77. The Labute approximate surface area is 132 Å². The SMILES string of the molecule is CCCNC(=O)c1cccc(NC(=O)CCCNC)c1.Cl. The highest BCUT2D eigenvalue weighted by Gasteiger charge is 2.07. The maximum atomic E-state index is 11.8. The van der Waals surface area contributed by atoms with E-state index >= 15 is 0 Å². The van der Waals surface area contributed by atoms with Crippen molar-refractivity contribution in [1.29, 1.82) is 0 Å². The molecule has 0 saturated heterocycles. The molecule has 0 aromatic heterocycles. The molecule has 0 spiro atoms. The molecule has 3 N–H and O–H groups in total. The molecule has 0 aliphatic heterocycles. The molecule has 0 fully saturated rings. The van der Waals surface area contributed by atoms with Crippen LogP contribution in [-0.4, -0.2) is 32.0 Å². The topological polar surface area (TPSA) is 70.2 Å². The lowest BCUT2D eigenvalue weighted by atomic mass is 10.2. The van der Waals surface area contributed by atoms with Crippen molar-refractivity contribution in [3.8, 4) is 0 Å². The normalized spacial score (nSPS) is 9.62. The molecule has 0 aliphatic rings. The minimum Gasteiger partial charge on any atom is -0.352 e. The zero-order valence-electron chi connectivity index (χ0n) is 12.6. The minimum atomic E-state index is -0.113. The van der Waals surface area contributed by atoms with Crippen molar-refractivity contribution in [1.82, 2.24) is 10.6 Å². The first-order valence-corrected chi connectivity index (χ1v) is 7.00. The van der Waals surface area contributed by atoms with Crippen LogP contribution in [0.1, 0.15) is 36.5 Å². The summed E-state index contributed by atoms with van der Waals surface area (Å²) in [5.74, 6) is -0.149. The molecule has 0 saturated carbocycles. The summed E-state index contributed by atoms with van der Waals surface area (Å²) in [4.78, 5) is 23.5. The zero-order valence-corrected chi connectivity index (χ0v) is 13.4. The predicted octanol–water partition coefficient (Wildman–Crippen LogP) is 2.19. The van der Waals surface area contributed by atoms with Crippen LogP contribution in [0.25, 0.3) is 0 Å². The number of benzene rings is 1. The van der Waals surface area contributed by atoms with Gasteiger partial charge in [0.2, 0.25) is 5.91 Å². The summed E-state index contributed by atoms with van der Waals surface area (Å²) < 4.78 is 0. The van der Waals surface area contributed by atoms with Crippen molar-refractivity contribution in [2.24, 2.45) is 0 Å². The molecule has 0 bridgehead atoms. The van der Waals surface area contributed by atoms with Crippen molar-refractivity contribution >= 4 is 29.9 Å². The number of rotatable bonds is 8. The van der Waals surface area contributed by atoms with Gasteiger partial charge in [0, 0.05) is 24.2 Å². The molecule has 1 aromatic rings. The Morgan fingerprint density at radius 2 is 1.95 bits per heavy atom. The van der Waals surface area contributed by atoms with Crippen LogP contribution in [0.15, 0.2) is 24.3 Å². The highest BCUT2D eigenvalue weighted by molar-refractivity contribution is 5.97. The molecule has 21 heavy (non-hydrogen) atoms. The number of carbonyl (C=O) groups is 2. The van der Waals surface area contributed by atoms with Gasteiger partial charge in [-0.1, -0.05) is 13.0 Å². The highest BCUT2D eigenvalue weighted by atomic mass is 35.5. The summed E-state index contributed by atoms with van der Waals surface area (Å²) in [6.45, 7) is 3.47. The first-order valence-electron chi connectivity index (χ1n) is 7.00. The second kappa shape index (κ2) is 11.1. The van der Waals surface area contributed by atoms with Gasteiger partial charge in [-0.2, -0.15) is 0 Å².